The molecule has 0 saturated carbocycles. The van der Waals surface area contributed by atoms with E-state index in [-0.39, 0.29) is 17.7 Å². The van der Waals surface area contributed by atoms with Gasteiger partial charge < -0.3 is 9.47 Å². The van der Waals surface area contributed by atoms with E-state index >= 15 is 0 Å². The summed E-state index contributed by atoms with van der Waals surface area (Å²) < 4.78 is 11.6. The molecule has 3 unspecified atom stereocenters. The van der Waals surface area contributed by atoms with Crippen molar-refractivity contribution >= 4 is 5.97 Å². The number of fused-ring (bicyclic) bond motifs is 2. The smallest absolute Gasteiger partial charge is 0.330 e. The molecule has 2 aliphatic heterocycles. The highest BCUT2D eigenvalue weighted by molar-refractivity contribution is 5.81. The monoisotopic (exact) mass is 238 g/mol. The molecule has 2 bridgehead atoms. The predicted octanol–water partition coefficient (Wildman–Crippen LogP) is 2.84. The van der Waals surface area contributed by atoms with Crippen LogP contribution in [0, 0.1) is 5.92 Å². The van der Waals surface area contributed by atoms with Crippen molar-refractivity contribution in [2.45, 2.75) is 63.8 Å². The van der Waals surface area contributed by atoms with Crippen molar-refractivity contribution in [3.63, 3.8) is 0 Å². The Bertz CT molecular complexity index is 307. The number of carbonyl (C=O) groups is 1. The molecule has 3 atom stereocenters. The summed E-state index contributed by atoms with van der Waals surface area (Å²) in [6.07, 6.45) is 6.95. The van der Waals surface area contributed by atoms with Crippen LogP contribution in [0.2, 0.25) is 0 Å². The minimum Gasteiger partial charge on any atom is -0.456 e. The van der Waals surface area contributed by atoms with Crippen molar-refractivity contribution < 1.29 is 14.3 Å². The molecule has 2 aliphatic rings. The van der Waals surface area contributed by atoms with Gasteiger partial charge in [-0.05, 0) is 32.1 Å². The first-order valence-electron chi connectivity index (χ1n) is 6.66. The number of ether oxygens (including phenoxy) is 2. The van der Waals surface area contributed by atoms with Crippen LogP contribution in [0.1, 0.15) is 46.0 Å². The molecule has 2 fully saturated rings. The Morgan fingerprint density at radius 1 is 1.47 bits per heavy atom. The molecular formula is C14H22O3. The fourth-order valence-corrected chi connectivity index (χ4v) is 3.43. The lowest BCUT2D eigenvalue weighted by Crippen LogP contribution is -2.45. The van der Waals surface area contributed by atoms with Crippen molar-refractivity contribution in [3.05, 3.63) is 12.7 Å². The summed E-state index contributed by atoms with van der Waals surface area (Å²) >= 11 is 0. The second-order valence-corrected chi connectivity index (χ2v) is 5.11. The average Bonchev–Trinajstić information content (AvgIpc) is 2.98. The van der Waals surface area contributed by atoms with Gasteiger partial charge in [-0.1, -0.05) is 20.4 Å². The summed E-state index contributed by atoms with van der Waals surface area (Å²) in [5.74, 6) is 0.0524. The third-order valence-corrected chi connectivity index (χ3v) is 4.45. The van der Waals surface area contributed by atoms with Gasteiger partial charge in [-0.3, -0.25) is 0 Å². The molecule has 2 heterocycles. The van der Waals surface area contributed by atoms with Gasteiger partial charge in [-0.15, -0.1) is 0 Å². The summed E-state index contributed by atoms with van der Waals surface area (Å²) in [4.78, 5) is 11.5. The quantitative estimate of drug-likeness (QED) is 0.546. The lowest BCUT2D eigenvalue weighted by Gasteiger charge is -2.39. The largest absolute Gasteiger partial charge is 0.456 e. The van der Waals surface area contributed by atoms with E-state index in [2.05, 4.69) is 20.4 Å². The molecule has 0 aliphatic carbocycles. The Kier molecular flexibility index (Phi) is 3.57. The lowest BCUT2D eigenvalue weighted by atomic mass is 9.74. The zero-order chi connectivity index (χ0) is 12.5. The van der Waals surface area contributed by atoms with E-state index in [0.29, 0.717) is 12.0 Å². The zero-order valence-corrected chi connectivity index (χ0v) is 10.8. The Labute approximate surface area is 103 Å². The van der Waals surface area contributed by atoms with Gasteiger partial charge in [0.25, 0.3) is 0 Å². The van der Waals surface area contributed by atoms with Crippen LogP contribution in [-0.2, 0) is 14.3 Å². The van der Waals surface area contributed by atoms with E-state index in [9.17, 15) is 4.79 Å². The third-order valence-electron chi connectivity index (χ3n) is 4.45. The maximum Gasteiger partial charge on any atom is 0.330 e. The summed E-state index contributed by atoms with van der Waals surface area (Å²) in [7, 11) is 0. The highest BCUT2D eigenvalue weighted by Crippen LogP contribution is 2.47. The minimum atomic E-state index is -0.356. The maximum absolute atomic E-state index is 11.5. The number of rotatable bonds is 5. The van der Waals surface area contributed by atoms with Crippen molar-refractivity contribution in [2.75, 3.05) is 0 Å². The Morgan fingerprint density at radius 3 is 2.59 bits per heavy atom. The summed E-state index contributed by atoms with van der Waals surface area (Å²) in [6, 6.07) is 0. The molecule has 2 saturated heterocycles. The van der Waals surface area contributed by atoms with Crippen LogP contribution in [0.25, 0.3) is 0 Å². The number of hydrogen-bond acceptors (Lipinski definition) is 3. The number of esters is 1. The molecule has 0 N–H and O–H groups in total. The van der Waals surface area contributed by atoms with Gasteiger partial charge >= 0.3 is 5.97 Å². The van der Waals surface area contributed by atoms with E-state index in [1.807, 2.05) is 0 Å². The molecule has 2 rings (SSSR count). The Balaban J connectivity index is 2.15. The van der Waals surface area contributed by atoms with Gasteiger partial charge in [0, 0.05) is 12.0 Å². The molecule has 3 nitrogen and oxygen atoms in total. The molecule has 17 heavy (non-hydrogen) atoms. The second kappa shape index (κ2) is 4.81. The average molecular weight is 238 g/mol. The standard InChI is InChI=1S/C14H22O3/c1-4-13(15)17-14(5-2,6-3)11-9-10-7-8-12(11)16-10/h4,10-12H,1,5-9H2,2-3H3. The maximum atomic E-state index is 11.5. The van der Waals surface area contributed by atoms with Crippen molar-refractivity contribution in [2.24, 2.45) is 5.92 Å². The van der Waals surface area contributed by atoms with Crippen molar-refractivity contribution in [1.29, 1.82) is 0 Å². The van der Waals surface area contributed by atoms with Crippen LogP contribution >= 0.6 is 0 Å². The fraction of sp³-hybridized carbons (Fsp3) is 0.786. The van der Waals surface area contributed by atoms with Crippen LogP contribution < -0.4 is 0 Å². The normalized spacial score (nSPS) is 31.5. The van der Waals surface area contributed by atoms with E-state index in [1.165, 1.54) is 12.5 Å². The highest BCUT2D eigenvalue weighted by atomic mass is 16.6. The molecule has 0 radical (unpaired) electrons. The van der Waals surface area contributed by atoms with Crippen LogP contribution in [-0.4, -0.2) is 23.8 Å². The summed E-state index contributed by atoms with van der Waals surface area (Å²) in [5, 5.41) is 0. The first-order valence-corrected chi connectivity index (χ1v) is 6.66. The molecule has 0 spiro atoms. The molecule has 0 aromatic rings. The fourth-order valence-electron chi connectivity index (χ4n) is 3.43. The van der Waals surface area contributed by atoms with Gasteiger partial charge in [0.15, 0.2) is 0 Å². The molecule has 0 aromatic carbocycles. The van der Waals surface area contributed by atoms with Crippen LogP contribution in [0.15, 0.2) is 12.7 Å². The van der Waals surface area contributed by atoms with Gasteiger partial charge in [0.2, 0.25) is 0 Å². The summed E-state index contributed by atoms with van der Waals surface area (Å²) in [6.45, 7) is 7.66. The van der Waals surface area contributed by atoms with Crippen LogP contribution in [0.5, 0.6) is 0 Å². The van der Waals surface area contributed by atoms with Gasteiger partial charge in [-0.2, -0.15) is 0 Å². The number of carbonyl (C=O) groups excluding carboxylic acids is 1. The third kappa shape index (κ3) is 2.13. The van der Waals surface area contributed by atoms with E-state index in [1.54, 1.807) is 0 Å². The van der Waals surface area contributed by atoms with Crippen molar-refractivity contribution in [1.82, 2.24) is 0 Å². The predicted molar refractivity (Wildman–Crippen MR) is 65.6 cm³/mol. The molecule has 96 valence electrons. The first-order chi connectivity index (χ1) is 8.15. The van der Waals surface area contributed by atoms with E-state index < -0.39 is 0 Å². The van der Waals surface area contributed by atoms with E-state index in [4.69, 9.17) is 9.47 Å². The van der Waals surface area contributed by atoms with Gasteiger partial charge in [0.05, 0.1) is 12.2 Å². The molecule has 3 heteroatoms. The SMILES string of the molecule is C=CC(=O)OC(CC)(CC)C1CC2CCC1O2. The lowest BCUT2D eigenvalue weighted by molar-refractivity contribution is -0.164. The minimum absolute atomic E-state index is 0.289. The van der Waals surface area contributed by atoms with Gasteiger partial charge in [-0.25, -0.2) is 4.79 Å². The highest BCUT2D eigenvalue weighted by Gasteiger charge is 2.52. The summed E-state index contributed by atoms with van der Waals surface area (Å²) in [5.41, 5.74) is -0.356. The topological polar surface area (TPSA) is 35.5 Å². The molecule has 0 aromatic heterocycles. The van der Waals surface area contributed by atoms with Crippen molar-refractivity contribution in [3.8, 4) is 0 Å². The Morgan fingerprint density at radius 2 is 2.18 bits per heavy atom. The Hall–Kier alpha value is -0.830. The zero-order valence-electron chi connectivity index (χ0n) is 10.8. The number of hydrogen-bond donors (Lipinski definition) is 0. The van der Waals surface area contributed by atoms with Crippen LogP contribution in [0.4, 0.5) is 0 Å². The van der Waals surface area contributed by atoms with E-state index in [0.717, 1.165) is 25.7 Å². The van der Waals surface area contributed by atoms with Crippen LogP contribution in [0.3, 0.4) is 0 Å². The van der Waals surface area contributed by atoms with Gasteiger partial charge in [0.1, 0.15) is 5.60 Å². The first kappa shape index (κ1) is 12.6. The molecule has 0 amide bonds. The second-order valence-electron chi connectivity index (χ2n) is 5.11. The molecular weight excluding hydrogens is 216 g/mol.